The number of fused-ring (bicyclic) bond motifs is 1. The second-order valence-corrected chi connectivity index (χ2v) is 9.33. The standard InChI is InChI=1S/C19H16Si/c1-3-10-17(11-4-1)20(18-12-5-2-6-13-18)15-16-9-7-8-14-19(16)20/h1-14H,15H2. The highest BCUT2D eigenvalue weighted by Crippen LogP contribution is 2.23. The third-order valence-corrected chi connectivity index (χ3v) is 9.42. The maximum Gasteiger partial charge on any atom is 0.152 e. The monoisotopic (exact) mass is 272 g/mol. The molecule has 1 heterocycles. The van der Waals surface area contributed by atoms with Gasteiger partial charge in [0.25, 0.3) is 0 Å². The lowest BCUT2D eigenvalue weighted by atomic mass is 10.2. The summed E-state index contributed by atoms with van der Waals surface area (Å²) in [7, 11) is -1.72. The van der Waals surface area contributed by atoms with E-state index < -0.39 is 8.07 Å². The van der Waals surface area contributed by atoms with E-state index in [0.29, 0.717) is 0 Å². The van der Waals surface area contributed by atoms with Gasteiger partial charge in [-0.2, -0.15) is 0 Å². The Labute approximate surface area is 120 Å². The molecule has 0 nitrogen and oxygen atoms in total. The lowest BCUT2D eigenvalue weighted by molar-refractivity contribution is 1.29. The molecule has 0 saturated carbocycles. The summed E-state index contributed by atoms with van der Waals surface area (Å²) in [4.78, 5) is 0. The molecule has 3 aromatic carbocycles. The molecule has 0 spiro atoms. The lowest BCUT2D eigenvalue weighted by Gasteiger charge is -2.43. The third-order valence-electron chi connectivity index (χ3n) is 4.47. The molecular weight excluding hydrogens is 256 g/mol. The fraction of sp³-hybridized carbons (Fsp3) is 0.0526. The number of rotatable bonds is 2. The first kappa shape index (κ1) is 11.7. The van der Waals surface area contributed by atoms with E-state index in [1.807, 2.05) is 0 Å². The molecule has 0 N–H and O–H groups in total. The molecule has 1 aliphatic heterocycles. The van der Waals surface area contributed by atoms with Crippen LogP contribution in [0.25, 0.3) is 0 Å². The van der Waals surface area contributed by atoms with E-state index in [-0.39, 0.29) is 0 Å². The van der Waals surface area contributed by atoms with Gasteiger partial charge in [0.05, 0.1) is 0 Å². The first-order chi connectivity index (χ1) is 9.91. The molecule has 1 aliphatic rings. The van der Waals surface area contributed by atoms with Crippen LogP contribution in [0, 0.1) is 0 Å². The minimum absolute atomic E-state index is 1.23. The maximum atomic E-state index is 2.34. The van der Waals surface area contributed by atoms with Crippen molar-refractivity contribution in [3.63, 3.8) is 0 Å². The molecule has 0 atom stereocenters. The van der Waals surface area contributed by atoms with Gasteiger partial charge in [0, 0.05) is 0 Å². The summed E-state index contributed by atoms with van der Waals surface area (Å²) in [6.07, 6.45) is 0. The quantitative estimate of drug-likeness (QED) is 0.628. The van der Waals surface area contributed by atoms with Gasteiger partial charge in [0.1, 0.15) is 0 Å². The Bertz CT molecular complexity index is 692. The van der Waals surface area contributed by atoms with E-state index in [9.17, 15) is 0 Å². The number of hydrogen-bond acceptors (Lipinski definition) is 0. The van der Waals surface area contributed by atoms with E-state index in [1.165, 1.54) is 22.0 Å². The molecule has 0 aliphatic carbocycles. The normalized spacial score (nSPS) is 15.2. The van der Waals surface area contributed by atoms with Gasteiger partial charge in [-0.3, -0.25) is 0 Å². The Balaban J connectivity index is 1.98. The molecular formula is C19H16Si. The van der Waals surface area contributed by atoms with Crippen LogP contribution in [0.4, 0.5) is 0 Å². The lowest BCUT2D eigenvalue weighted by Crippen LogP contribution is -2.75. The minimum atomic E-state index is -1.72. The van der Waals surface area contributed by atoms with Gasteiger partial charge in [-0.15, -0.1) is 0 Å². The largest absolute Gasteiger partial charge is 0.152 e. The summed E-state index contributed by atoms with van der Waals surface area (Å²) in [5, 5.41) is 4.66. The smallest absolute Gasteiger partial charge is 0.0624 e. The predicted octanol–water partition coefficient (Wildman–Crippen LogP) is 2.25. The van der Waals surface area contributed by atoms with Crippen molar-refractivity contribution in [2.75, 3.05) is 0 Å². The Morgan fingerprint density at radius 2 is 1.05 bits per heavy atom. The fourth-order valence-corrected chi connectivity index (χ4v) is 8.25. The molecule has 3 aromatic rings. The molecule has 0 aromatic heterocycles. The third kappa shape index (κ3) is 1.53. The minimum Gasteiger partial charge on any atom is -0.0624 e. The van der Waals surface area contributed by atoms with Crippen LogP contribution in [-0.4, -0.2) is 8.07 Å². The Morgan fingerprint density at radius 3 is 1.60 bits per heavy atom. The zero-order valence-corrected chi connectivity index (χ0v) is 12.3. The molecule has 0 saturated heterocycles. The molecule has 20 heavy (non-hydrogen) atoms. The Morgan fingerprint density at radius 1 is 0.550 bits per heavy atom. The number of benzene rings is 3. The second-order valence-electron chi connectivity index (χ2n) is 5.47. The van der Waals surface area contributed by atoms with Crippen LogP contribution in [-0.2, 0) is 6.04 Å². The molecule has 96 valence electrons. The number of hydrogen-bond donors (Lipinski definition) is 0. The topological polar surface area (TPSA) is 0 Å². The van der Waals surface area contributed by atoms with Crippen molar-refractivity contribution in [3.8, 4) is 0 Å². The Kier molecular flexibility index (Phi) is 2.61. The molecule has 0 bridgehead atoms. The van der Waals surface area contributed by atoms with Gasteiger partial charge < -0.3 is 0 Å². The van der Waals surface area contributed by atoms with E-state index in [2.05, 4.69) is 84.9 Å². The fourth-order valence-electron chi connectivity index (χ4n) is 3.49. The first-order valence-corrected chi connectivity index (χ1v) is 9.31. The zero-order valence-electron chi connectivity index (χ0n) is 11.3. The van der Waals surface area contributed by atoms with Crippen LogP contribution in [0.15, 0.2) is 84.9 Å². The van der Waals surface area contributed by atoms with E-state index in [0.717, 1.165) is 0 Å². The van der Waals surface area contributed by atoms with Crippen molar-refractivity contribution in [1.82, 2.24) is 0 Å². The van der Waals surface area contributed by atoms with Gasteiger partial charge in [-0.05, 0) is 27.2 Å². The summed E-state index contributed by atoms with van der Waals surface area (Å²) in [5.74, 6) is 0. The van der Waals surface area contributed by atoms with Crippen LogP contribution in [0.2, 0.25) is 0 Å². The van der Waals surface area contributed by atoms with E-state index >= 15 is 0 Å². The zero-order chi connectivity index (χ0) is 13.4. The van der Waals surface area contributed by atoms with Gasteiger partial charge >= 0.3 is 0 Å². The van der Waals surface area contributed by atoms with Crippen molar-refractivity contribution in [2.24, 2.45) is 0 Å². The SMILES string of the molecule is c1ccc([Si]2(c3ccccc3)Cc3ccccc32)cc1. The van der Waals surface area contributed by atoms with Crippen molar-refractivity contribution in [3.05, 3.63) is 90.5 Å². The van der Waals surface area contributed by atoms with Crippen LogP contribution >= 0.6 is 0 Å². The van der Waals surface area contributed by atoms with Crippen LogP contribution in [0.3, 0.4) is 0 Å². The average Bonchev–Trinajstić information content (AvgIpc) is 2.51. The summed E-state index contributed by atoms with van der Waals surface area (Å²) in [6, 6.07) is 32.4. The van der Waals surface area contributed by atoms with Gasteiger partial charge in [-0.1, -0.05) is 84.9 Å². The average molecular weight is 272 g/mol. The van der Waals surface area contributed by atoms with Crippen LogP contribution < -0.4 is 15.6 Å². The highest BCUT2D eigenvalue weighted by atomic mass is 28.3. The van der Waals surface area contributed by atoms with Crippen molar-refractivity contribution in [2.45, 2.75) is 6.04 Å². The molecule has 0 amide bonds. The van der Waals surface area contributed by atoms with E-state index in [4.69, 9.17) is 0 Å². The summed E-state index contributed by atoms with van der Waals surface area (Å²) >= 11 is 0. The molecule has 0 fully saturated rings. The Hall–Kier alpha value is -2.12. The molecule has 0 unspecified atom stereocenters. The highest BCUT2D eigenvalue weighted by molar-refractivity contribution is 7.13. The van der Waals surface area contributed by atoms with Crippen LogP contribution in [0.1, 0.15) is 5.56 Å². The van der Waals surface area contributed by atoms with Gasteiger partial charge in [0.2, 0.25) is 0 Å². The summed E-state index contributed by atoms with van der Waals surface area (Å²) in [5.41, 5.74) is 1.53. The van der Waals surface area contributed by atoms with Gasteiger partial charge in [-0.25, -0.2) is 0 Å². The van der Waals surface area contributed by atoms with Crippen LogP contribution in [0.5, 0.6) is 0 Å². The van der Waals surface area contributed by atoms with Crippen molar-refractivity contribution in [1.29, 1.82) is 0 Å². The first-order valence-electron chi connectivity index (χ1n) is 7.11. The van der Waals surface area contributed by atoms with Crippen molar-refractivity contribution < 1.29 is 0 Å². The van der Waals surface area contributed by atoms with Crippen molar-refractivity contribution >= 4 is 23.6 Å². The summed E-state index contributed by atoms with van der Waals surface area (Å²) in [6.45, 7) is 0. The molecule has 4 rings (SSSR count). The molecule has 0 radical (unpaired) electrons. The summed E-state index contributed by atoms with van der Waals surface area (Å²) < 4.78 is 0. The van der Waals surface area contributed by atoms with E-state index in [1.54, 1.807) is 5.19 Å². The second kappa shape index (κ2) is 4.46. The molecule has 1 heteroatoms. The maximum absolute atomic E-state index is 2.34. The predicted molar refractivity (Wildman–Crippen MR) is 87.7 cm³/mol. The van der Waals surface area contributed by atoms with Gasteiger partial charge in [0.15, 0.2) is 8.07 Å². The highest BCUT2D eigenvalue weighted by Gasteiger charge is 2.47.